The predicted molar refractivity (Wildman–Crippen MR) is 102 cm³/mol. The third kappa shape index (κ3) is 6.37. The highest BCUT2D eigenvalue weighted by atomic mass is 19.4. The molecule has 3 rings (SSSR count). The van der Waals surface area contributed by atoms with Crippen LogP contribution in [0.25, 0.3) is 0 Å². The van der Waals surface area contributed by atoms with E-state index in [1.807, 2.05) is 0 Å². The summed E-state index contributed by atoms with van der Waals surface area (Å²) in [6, 6.07) is 8.60. The molecule has 3 amide bonds. The van der Waals surface area contributed by atoms with Crippen molar-refractivity contribution in [2.24, 2.45) is 0 Å². The first-order valence-corrected chi connectivity index (χ1v) is 9.04. The number of rotatable bonds is 7. The topological polar surface area (TPSA) is 95.2 Å². The molecule has 0 aliphatic heterocycles. The molecule has 10 heteroatoms. The van der Waals surface area contributed by atoms with Crippen LogP contribution in [0, 0.1) is 0 Å². The van der Waals surface area contributed by atoms with E-state index < -0.39 is 11.7 Å². The highest BCUT2D eigenvalue weighted by Crippen LogP contribution is 2.28. The number of halogens is 3. The lowest BCUT2D eigenvalue weighted by Gasteiger charge is -2.10. The molecule has 1 aliphatic rings. The number of carbonyl (C=O) groups excluding carboxylic acids is 2. The largest absolute Gasteiger partial charge is 0.417 e. The van der Waals surface area contributed by atoms with Gasteiger partial charge in [-0.25, -0.2) is 9.78 Å². The van der Waals surface area contributed by atoms with Crippen LogP contribution in [0.2, 0.25) is 0 Å². The summed E-state index contributed by atoms with van der Waals surface area (Å²) in [6.07, 6.45) is -1.68. The maximum Gasteiger partial charge on any atom is 0.417 e. The molecular formula is C19H20F3N5O2. The molecule has 2 aromatic rings. The van der Waals surface area contributed by atoms with E-state index in [9.17, 15) is 22.8 Å². The van der Waals surface area contributed by atoms with Gasteiger partial charge in [0.1, 0.15) is 5.82 Å². The molecule has 1 aromatic heterocycles. The summed E-state index contributed by atoms with van der Waals surface area (Å²) in [6.45, 7) is 0.552. The third-order valence-corrected chi connectivity index (χ3v) is 4.13. The number of nitrogens with zero attached hydrogens (tertiary/aromatic N) is 1. The number of pyridine rings is 1. The fraction of sp³-hybridized carbons (Fsp3) is 0.316. The molecule has 1 fully saturated rings. The molecule has 154 valence electrons. The summed E-state index contributed by atoms with van der Waals surface area (Å²) in [4.78, 5) is 27.5. The van der Waals surface area contributed by atoms with Gasteiger partial charge in [-0.3, -0.25) is 4.79 Å². The number of nitrogens with one attached hydrogen (secondary N) is 4. The van der Waals surface area contributed by atoms with Crippen LogP contribution in [0.1, 0.15) is 28.8 Å². The zero-order valence-electron chi connectivity index (χ0n) is 15.3. The second kappa shape index (κ2) is 8.80. The molecule has 0 radical (unpaired) electrons. The Hall–Kier alpha value is -3.30. The van der Waals surface area contributed by atoms with Crippen molar-refractivity contribution in [1.82, 2.24) is 15.6 Å². The zero-order chi connectivity index (χ0) is 20.9. The van der Waals surface area contributed by atoms with Gasteiger partial charge in [0.25, 0.3) is 5.91 Å². The fourth-order valence-electron chi connectivity index (χ4n) is 2.42. The normalized spacial score (nSPS) is 13.5. The molecule has 1 saturated carbocycles. The summed E-state index contributed by atoms with van der Waals surface area (Å²) in [7, 11) is 0. The van der Waals surface area contributed by atoms with Crippen molar-refractivity contribution in [3.8, 4) is 0 Å². The van der Waals surface area contributed by atoms with E-state index in [4.69, 9.17) is 0 Å². The quantitative estimate of drug-likeness (QED) is 0.530. The molecule has 7 nitrogen and oxygen atoms in total. The standard InChI is InChI=1S/C19H20F3N5O2/c20-19(21,22)13-3-8-16(25-11-13)23-9-10-24-17(28)12-1-4-14(5-2-12)26-18(29)27-15-6-7-15/h1-5,8,11,15H,6-7,9-10H2,(H,23,25)(H,24,28)(H2,26,27,29). The third-order valence-electron chi connectivity index (χ3n) is 4.13. The fourth-order valence-corrected chi connectivity index (χ4v) is 2.42. The summed E-state index contributed by atoms with van der Waals surface area (Å²) in [5, 5.41) is 11.0. The Morgan fingerprint density at radius 2 is 1.76 bits per heavy atom. The van der Waals surface area contributed by atoms with Crippen LogP contribution in [0.4, 0.5) is 29.5 Å². The maximum atomic E-state index is 12.5. The Morgan fingerprint density at radius 1 is 1.03 bits per heavy atom. The smallest absolute Gasteiger partial charge is 0.368 e. The summed E-state index contributed by atoms with van der Waals surface area (Å²) in [5.41, 5.74) is 0.180. The number of alkyl halides is 3. The minimum absolute atomic E-state index is 0.255. The molecule has 0 spiro atoms. The van der Waals surface area contributed by atoms with Crippen LogP contribution in [0.3, 0.4) is 0 Å². The number of urea groups is 1. The highest BCUT2D eigenvalue weighted by Gasteiger charge is 2.30. The number of hydrogen-bond donors (Lipinski definition) is 4. The molecule has 29 heavy (non-hydrogen) atoms. The van der Waals surface area contributed by atoms with Crippen molar-refractivity contribution >= 4 is 23.4 Å². The van der Waals surface area contributed by atoms with Gasteiger partial charge in [-0.2, -0.15) is 13.2 Å². The van der Waals surface area contributed by atoms with E-state index in [-0.39, 0.29) is 30.3 Å². The first kappa shape index (κ1) is 20.4. The van der Waals surface area contributed by atoms with Crippen molar-refractivity contribution in [3.63, 3.8) is 0 Å². The van der Waals surface area contributed by atoms with Crippen LogP contribution in [0.5, 0.6) is 0 Å². The molecule has 0 unspecified atom stereocenters. The number of amides is 3. The number of carbonyl (C=O) groups is 2. The van der Waals surface area contributed by atoms with Gasteiger partial charge in [0.05, 0.1) is 5.56 Å². The van der Waals surface area contributed by atoms with E-state index in [1.54, 1.807) is 24.3 Å². The summed E-state index contributed by atoms with van der Waals surface area (Å²) < 4.78 is 37.5. The van der Waals surface area contributed by atoms with Crippen LogP contribution in [-0.4, -0.2) is 36.1 Å². The first-order chi connectivity index (χ1) is 13.8. The average Bonchev–Trinajstić information content (AvgIpc) is 3.49. The lowest BCUT2D eigenvalue weighted by atomic mass is 10.2. The van der Waals surface area contributed by atoms with Crippen molar-refractivity contribution in [1.29, 1.82) is 0 Å². The van der Waals surface area contributed by atoms with Crippen LogP contribution < -0.4 is 21.3 Å². The van der Waals surface area contributed by atoms with Gasteiger partial charge in [0.15, 0.2) is 0 Å². The van der Waals surface area contributed by atoms with Crippen LogP contribution in [-0.2, 0) is 6.18 Å². The molecule has 0 atom stereocenters. The first-order valence-electron chi connectivity index (χ1n) is 9.04. The average molecular weight is 407 g/mol. The molecule has 1 aromatic carbocycles. The second-order valence-electron chi connectivity index (χ2n) is 6.56. The lowest BCUT2D eigenvalue weighted by Crippen LogP contribution is -2.30. The summed E-state index contributed by atoms with van der Waals surface area (Å²) >= 11 is 0. The van der Waals surface area contributed by atoms with Gasteiger partial charge in [0.2, 0.25) is 0 Å². The van der Waals surface area contributed by atoms with Gasteiger partial charge in [-0.05, 0) is 49.2 Å². The van der Waals surface area contributed by atoms with Crippen molar-refractivity contribution in [2.45, 2.75) is 25.1 Å². The van der Waals surface area contributed by atoms with Gasteiger partial charge in [-0.15, -0.1) is 0 Å². The predicted octanol–water partition coefficient (Wildman–Crippen LogP) is 3.23. The monoisotopic (exact) mass is 407 g/mol. The van der Waals surface area contributed by atoms with Crippen molar-refractivity contribution in [2.75, 3.05) is 23.7 Å². The van der Waals surface area contributed by atoms with Crippen molar-refractivity contribution < 1.29 is 22.8 Å². The molecule has 0 saturated heterocycles. The van der Waals surface area contributed by atoms with E-state index >= 15 is 0 Å². The van der Waals surface area contributed by atoms with E-state index in [0.29, 0.717) is 17.8 Å². The minimum Gasteiger partial charge on any atom is -0.368 e. The number of anilines is 2. The van der Waals surface area contributed by atoms with Crippen molar-refractivity contribution in [3.05, 3.63) is 53.7 Å². The minimum atomic E-state index is -4.43. The Labute approximate surface area is 165 Å². The summed E-state index contributed by atoms with van der Waals surface area (Å²) in [5.74, 6) is -0.0201. The van der Waals surface area contributed by atoms with Crippen LogP contribution >= 0.6 is 0 Å². The van der Waals surface area contributed by atoms with Gasteiger partial charge in [-0.1, -0.05) is 0 Å². The molecule has 0 bridgehead atoms. The molecule has 4 N–H and O–H groups in total. The Bertz CT molecular complexity index is 850. The number of benzene rings is 1. The Morgan fingerprint density at radius 3 is 2.34 bits per heavy atom. The van der Waals surface area contributed by atoms with Crippen LogP contribution in [0.15, 0.2) is 42.6 Å². The van der Waals surface area contributed by atoms with E-state index in [0.717, 1.165) is 25.1 Å². The highest BCUT2D eigenvalue weighted by molar-refractivity contribution is 5.95. The molecular weight excluding hydrogens is 387 g/mol. The lowest BCUT2D eigenvalue weighted by molar-refractivity contribution is -0.137. The van der Waals surface area contributed by atoms with Gasteiger partial charge in [0, 0.05) is 36.6 Å². The maximum absolute atomic E-state index is 12.5. The van der Waals surface area contributed by atoms with Gasteiger partial charge >= 0.3 is 12.2 Å². The Kier molecular flexibility index (Phi) is 6.20. The molecule has 1 aliphatic carbocycles. The second-order valence-corrected chi connectivity index (χ2v) is 6.56. The number of hydrogen-bond acceptors (Lipinski definition) is 4. The molecule has 1 heterocycles. The number of aromatic nitrogens is 1. The van der Waals surface area contributed by atoms with E-state index in [2.05, 4.69) is 26.3 Å². The zero-order valence-corrected chi connectivity index (χ0v) is 15.3. The van der Waals surface area contributed by atoms with Gasteiger partial charge < -0.3 is 21.3 Å². The Balaban J connectivity index is 1.39. The van der Waals surface area contributed by atoms with E-state index in [1.165, 1.54) is 6.07 Å². The SMILES string of the molecule is O=C(Nc1ccc(C(=O)NCCNc2ccc(C(F)(F)F)cn2)cc1)NC1CC1.